The number of hydrogen-bond donors (Lipinski definition) is 2. The van der Waals surface area contributed by atoms with Gasteiger partial charge in [-0.2, -0.15) is 0 Å². The Balaban J connectivity index is 1.69. The molecule has 1 fully saturated rings. The fourth-order valence-electron chi connectivity index (χ4n) is 2.42. The van der Waals surface area contributed by atoms with E-state index in [1.807, 2.05) is 0 Å². The topological polar surface area (TPSA) is 32.3 Å². The van der Waals surface area contributed by atoms with Crippen LogP contribution in [0.2, 0.25) is 0 Å². The lowest BCUT2D eigenvalue weighted by Gasteiger charge is -2.17. The van der Waals surface area contributed by atoms with E-state index in [9.17, 15) is 5.11 Å². The Kier molecular flexibility index (Phi) is 4.18. The van der Waals surface area contributed by atoms with Gasteiger partial charge in [-0.05, 0) is 42.7 Å². The summed E-state index contributed by atoms with van der Waals surface area (Å²) < 4.78 is 0. The number of hydrogen-bond acceptors (Lipinski definition) is 3. The molecule has 1 aromatic heterocycles. The molecular weight excluding hydrogens is 206 g/mol. The van der Waals surface area contributed by atoms with E-state index < -0.39 is 0 Å². The highest BCUT2D eigenvalue weighted by Gasteiger charge is 2.25. The van der Waals surface area contributed by atoms with Crippen LogP contribution >= 0.6 is 11.3 Å². The summed E-state index contributed by atoms with van der Waals surface area (Å²) in [7, 11) is 0. The zero-order valence-corrected chi connectivity index (χ0v) is 9.80. The minimum Gasteiger partial charge on any atom is -0.396 e. The van der Waals surface area contributed by atoms with Crippen molar-refractivity contribution in [2.75, 3.05) is 13.2 Å². The van der Waals surface area contributed by atoms with Gasteiger partial charge in [-0.15, -0.1) is 11.3 Å². The van der Waals surface area contributed by atoms with Crippen molar-refractivity contribution in [3.05, 3.63) is 22.4 Å². The molecule has 0 aromatic carbocycles. The molecule has 2 N–H and O–H groups in total. The minimum absolute atomic E-state index is 0.366. The molecule has 2 rings (SSSR count). The van der Waals surface area contributed by atoms with Crippen molar-refractivity contribution < 1.29 is 5.11 Å². The number of rotatable bonds is 5. The molecule has 0 bridgehead atoms. The Labute approximate surface area is 95.3 Å². The Morgan fingerprint density at radius 1 is 1.40 bits per heavy atom. The van der Waals surface area contributed by atoms with Crippen molar-refractivity contribution in [1.82, 2.24) is 5.32 Å². The van der Waals surface area contributed by atoms with E-state index in [2.05, 4.69) is 22.8 Å². The molecule has 0 amide bonds. The van der Waals surface area contributed by atoms with Gasteiger partial charge in [0.25, 0.3) is 0 Å². The largest absolute Gasteiger partial charge is 0.396 e. The van der Waals surface area contributed by atoms with Gasteiger partial charge in [0.05, 0.1) is 0 Å². The Bertz CT molecular complexity index is 273. The van der Waals surface area contributed by atoms with E-state index >= 15 is 0 Å². The predicted molar refractivity (Wildman–Crippen MR) is 63.9 cm³/mol. The van der Waals surface area contributed by atoms with Crippen LogP contribution in [0, 0.1) is 11.8 Å². The van der Waals surface area contributed by atoms with E-state index in [4.69, 9.17) is 0 Å². The number of aliphatic hydroxyl groups excluding tert-OH is 1. The van der Waals surface area contributed by atoms with Crippen LogP contribution < -0.4 is 5.32 Å². The van der Waals surface area contributed by atoms with Gasteiger partial charge >= 0.3 is 0 Å². The molecule has 1 heterocycles. The van der Waals surface area contributed by atoms with Gasteiger partial charge < -0.3 is 10.4 Å². The van der Waals surface area contributed by atoms with Crippen molar-refractivity contribution >= 4 is 11.3 Å². The summed E-state index contributed by atoms with van der Waals surface area (Å²) in [6.45, 7) is 2.40. The van der Waals surface area contributed by atoms with Gasteiger partial charge in [-0.3, -0.25) is 0 Å². The highest BCUT2D eigenvalue weighted by Crippen LogP contribution is 2.30. The second kappa shape index (κ2) is 5.64. The van der Waals surface area contributed by atoms with Gasteiger partial charge in [0.15, 0.2) is 0 Å². The molecule has 0 aliphatic heterocycles. The molecule has 15 heavy (non-hydrogen) atoms. The van der Waals surface area contributed by atoms with Crippen LogP contribution in [-0.4, -0.2) is 18.3 Å². The summed E-state index contributed by atoms with van der Waals surface area (Å²) >= 11 is 1.80. The second-order valence-corrected chi connectivity index (χ2v) is 5.38. The monoisotopic (exact) mass is 225 g/mol. The molecule has 1 aliphatic rings. The van der Waals surface area contributed by atoms with Gasteiger partial charge in [0.2, 0.25) is 0 Å². The molecule has 1 aromatic rings. The van der Waals surface area contributed by atoms with E-state index in [1.165, 1.54) is 24.1 Å². The van der Waals surface area contributed by atoms with Crippen molar-refractivity contribution in [2.45, 2.75) is 25.8 Å². The third-order valence-corrected chi connectivity index (χ3v) is 4.21. The third kappa shape index (κ3) is 3.03. The van der Waals surface area contributed by atoms with Gasteiger partial charge in [0.1, 0.15) is 0 Å². The second-order valence-electron chi connectivity index (χ2n) is 4.34. The van der Waals surface area contributed by atoms with Crippen LogP contribution in [0.5, 0.6) is 0 Å². The zero-order chi connectivity index (χ0) is 10.5. The number of thiophene rings is 1. The average molecular weight is 225 g/mol. The molecule has 3 heteroatoms. The average Bonchev–Trinajstić information content (AvgIpc) is 2.88. The smallest absolute Gasteiger partial charge is 0.0462 e. The summed E-state index contributed by atoms with van der Waals surface area (Å²) in [5.41, 5.74) is 0. The zero-order valence-electron chi connectivity index (χ0n) is 8.98. The van der Waals surface area contributed by atoms with E-state index in [-0.39, 0.29) is 0 Å². The molecule has 2 unspecified atom stereocenters. The molecule has 1 aliphatic carbocycles. The lowest BCUT2D eigenvalue weighted by molar-refractivity contribution is 0.192. The van der Waals surface area contributed by atoms with E-state index in [1.54, 1.807) is 11.3 Å². The van der Waals surface area contributed by atoms with Gasteiger partial charge in [0, 0.05) is 18.0 Å². The van der Waals surface area contributed by atoms with Crippen molar-refractivity contribution in [3.63, 3.8) is 0 Å². The summed E-state index contributed by atoms with van der Waals surface area (Å²) in [5.74, 6) is 1.23. The van der Waals surface area contributed by atoms with E-state index in [0.717, 1.165) is 13.1 Å². The van der Waals surface area contributed by atoms with Gasteiger partial charge in [-0.25, -0.2) is 0 Å². The normalized spacial score (nSPS) is 25.9. The van der Waals surface area contributed by atoms with Gasteiger partial charge in [-0.1, -0.05) is 12.5 Å². The number of aliphatic hydroxyl groups is 1. The van der Waals surface area contributed by atoms with Crippen molar-refractivity contribution in [2.24, 2.45) is 11.8 Å². The lowest BCUT2D eigenvalue weighted by Crippen LogP contribution is -2.26. The van der Waals surface area contributed by atoms with Crippen molar-refractivity contribution in [3.8, 4) is 0 Å². The fourth-order valence-corrected chi connectivity index (χ4v) is 3.09. The number of nitrogens with one attached hydrogen (secondary N) is 1. The summed E-state index contributed by atoms with van der Waals surface area (Å²) in [6.07, 6.45) is 3.78. The molecule has 0 saturated heterocycles. The van der Waals surface area contributed by atoms with Crippen molar-refractivity contribution in [1.29, 1.82) is 0 Å². The summed E-state index contributed by atoms with van der Waals surface area (Å²) in [5, 5.41) is 14.8. The maximum Gasteiger partial charge on any atom is 0.0462 e. The Morgan fingerprint density at radius 3 is 3.00 bits per heavy atom. The minimum atomic E-state index is 0.366. The van der Waals surface area contributed by atoms with Crippen LogP contribution in [0.25, 0.3) is 0 Å². The Morgan fingerprint density at radius 2 is 2.27 bits per heavy atom. The highest BCUT2D eigenvalue weighted by molar-refractivity contribution is 7.09. The van der Waals surface area contributed by atoms with Crippen LogP contribution in [0.1, 0.15) is 24.1 Å². The third-order valence-electron chi connectivity index (χ3n) is 3.34. The first-order chi connectivity index (χ1) is 7.40. The quantitative estimate of drug-likeness (QED) is 0.805. The molecule has 1 saturated carbocycles. The molecule has 0 radical (unpaired) electrons. The lowest BCUT2D eigenvalue weighted by atomic mass is 9.97. The molecular formula is C12H19NOS. The highest BCUT2D eigenvalue weighted by atomic mass is 32.1. The van der Waals surface area contributed by atoms with Crippen LogP contribution in [0.4, 0.5) is 0 Å². The first-order valence-corrected chi connectivity index (χ1v) is 6.62. The van der Waals surface area contributed by atoms with Crippen LogP contribution in [0.3, 0.4) is 0 Å². The SMILES string of the molecule is OCC1CCCC1CNCc1cccs1. The molecule has 2 atom stereocenters. The first kappa shape index (κ1) is 11.1. The van der Waals surface area contributed by atoms with Crippen LogP contribution in [0.15, 0.2) is 17.5 Å². The maximum absolute atomic E-state index is 9.19. The maximum atomic E-state index is 9.19. The predicted octanol–water partition coefficient (Wildman–Crippen LogP) is 2.25. The van der Waals surface area contributed by atoms with Crippen LogP contribution in [-0.2, 0) is 6.54 Å². The molecule has 84 valence electrons. The molecule has 2 nitrogen and oxygen atoms in total. The van der Waals surface area contributed by atoms with E-state index in [0.29, 0.717) is 18.4 Å². The fraction of sp³-hybridized carbons (Fsp3) is 0.667. The first-order valence-electron chi connectivity index (χ1n) is 5.74. The molecule has 0 spiro atoms. The standard InChI is InChI=1S/C12H19NOS/c14-9-11-4-1-3-10(11)7-13-8-12-5-2-6-15-12/h2,5-6,10-11,13-14H,1,3-4,7-9H2. The Hall–Kier alpha value is -0.380. The summed E-state index contributed by atoms with van der Waals surface area (Å²) in [6, 6.07) is 4.25. The summed E-state index contributed by atoms with van der Waals surface area (Å²) in [4.78, 5) is 1.40.